The molecule has 0 saturated carbocycles. The molecule has 1 aliphatic rings. The van der Waals surface area contributed by atoms with Crippen LogP contribution in [0.3, 0.4) is 0 Å². The predicted octanol–water partition coefficient (Wildman–Crippen LogP) is 4.16. The predicted molar refractivity (Wildman–Crippen MR) is 111 cm³/mol. The Morgan fingerprint density at radius 1 is 1.00 bits per heavy atom. The van der Waals surface area contributed by atoms with Crippen LogP contribution in [-0.4, -0.2) is 47.1 Å². The number of morpholine rings is 1. The molecule has 0 radical (unpaired) electrons. The maximum absolute atomic E-state index is 5.89. The van der Waals surface area contributed by atoms with E-state index in [1.165, 1.54) is 5.56 Å². The minimum atomic E-state index is 0.248. The molecule has 5 heteroatoms. The average Bonchev–Trinajstić information content (AvgIpc) is 3.11. The molecule has 1 saturated heterocycles. The molecule has 0 spiro atoms. The SMILES string of the molecule is COc1ccc(-c2nn(-c3ccccc3)cc2CN2C[C@@H](C)O[C@H](C)C2)cc1. The van der Waals surface area contributed by atoms with Gasteiger partial charge in [0.2, 0.25) is 0 Å². The minimum Gasteiger partial charge on any atom is -0.497 e. The van der Waals surface area contributed by atoms with Crippen LogP contribution < -0.4 is 4.74 Å². The second kappa shape index (κ2) is 8.17. The fourth-order valence-corrected chi connectivity index (χ4v) is 3.88. The summed E-state index contributed by atoms with van der Waals surface area (Å²) in [6.07, 6.45) is 2.65. The van der Waals surface area contributed by atoms with Gasteiger partial charge in [0.1, 0.15) is 5.75 Å². The van der Waals surface area contributed by atoms with Gasteiger partial charge in [0, 0.05) is 37.0 Å². The summed E-state index contributed by atoms with van der Waals surface area (Å²) >= 11 is 0. The van der Waals surface area contributed by atoms with Crippen LogP contribution in [0.15, 0.2) is 60.8 Å². The normalized spacial score (nSPS) is 20.2. The Kier molecular flexibility index (Phi) is 5.46. The number of hydrogen-bond acceptors (Lipinski definition) is 4. The van der Waals surface area contributed by atoms with E-state index in [2.05, 4.69) is 49.2 Å². The lowest BCUT2D eigenvalue weighted by atomic mass is 10.1. The quantitative estimate of drug-likeness (QED) is 0.669. The second-order valence-corrected chi connectivity index (χ2v) is 7.46. The monoisotopic (exact) mass is 377 g/mol. The van der Waals surface area contributed by atoms with Gasteiger partial charge in [-0.1, -0.05) is 18.2 Å². The van der Waals surface area contributed by atoms with Gasteiger partial charge in [-0.25, -0.2) is 4.68 Å². The second-order valence-electron chi connectivity index (χ2n) is 7.46. The number of ether oxygens (including phenoxy) is 2. The summed E-state index contributed by atoms with van der Waals surface area (Å²) in [5, 5.41) is 4.93. The number of hydrogen-bond donors (Lipinski definition) is 0. The number of aromatic nitrogens is 2. The third kappa shape index (κ3) is 4.11. The molecule has 0 N–H and O–H groups in total. The summed E-state index contributed by atoms with van der Waals surface area (Å²) in [6.45, 7) is 7.00. The van der Waals surface area contributed by atoms with Crippen LogP contribution in [0.25, 0.3) is 16.9 Å². The van der Waals surface area contributed by atoms with Crippen molar-refractivity contribution < 1.29 is 9.47 Å². The van der Waals surface area contributed by atoms with E-state index in [4.69, 9.17) is 14.6 Å². The van der Waals surface area contributed by atoms with Gasteiger partial charge in [0.05, 0.1) is 30.7 Å². The van der Waals surface area contributed by atoms with Crippen LogP contribution in [0, 0.1) is 0 Å². The lowest BCUT2D eigenvalue weighted by Gasteiger charge is -2.35. The fraction of sp³-hybridized carbons (Fsp3) is 0.348. The summed E-state index contributed by atoms with van der Waals surface area (Å²) in [4.78, 5) is 2.46. The lowest BCUT2D eigenvalue weighted by molar-refractivity contribution is -0.0704. The molecule has 0 unspecified atom stereocenters. The van der Waals surface area contributed by atoms with E-state index < -0.39 is 0 Å². The van der Waals surface area contributed by atoms with Crippen molar-refractivity contribution in [3.8, 4) is 22.7 Å². The van der Waals surface area contributed by atoms with E-state index >= 15 is 0 Å². The molecule has 2 atom stereocenters. The van der Waals surface area contributed by atoms with Gasteiger partial charge in [-0.2, -0.15) is 5.10 Å². The molecule has 0 amide bonds. The molecule has 4 rings (SSSR count). The maximum Gasteiger partial charge on any atom is 0.118 e. The number of benzene rings is 2. The van der Waals surface area contributed by atoms with Gasteiger partial charge in [-0.05, 0) is 50.2 Å². The zero-order valence-electron chi connectivity index (χ0n) is 16.7. The van der Waals surface area contributed by atoms with Crippen LogP contribution in [-0.2, 0) is 11.3 Å². The number of nitrogens with zero attached hydrogens (tertiary/aromatic N) is 3. The topological polar surface area (TPSA) is 39.5 Å². The van der Waals surface area contributed by atoms with Crippen molar-refractivity contribution in [2.45, 2.75) is 32.6 Å². The summed E-state index contributed by atoms with van der Waals surface area (Å²) in [5.74, 6) is 0.851. The molecule has 5 nitrogen and oxygen atoms in total. The Hall–Kier alpha value is -2.63. The molecule has 1 aromatic heterocycles. The first-order valence-electron chi connectivity index (χ1n) is 9.78. The first kappa shape index (κ1) is 18.7. The smallest absolute Gasteiger partial charge is 0.118 e. The van der Waals surface area contributed by atoms with Gasteiger partial charge < -0.3 is 9.47 Å². The highest BCUT2D eigenvalue weighted by Crippen LogP contribution is 2.27. The molecule has 2 aromatic carbocycles. The van der Waals surface area contributed by atoms with Gasteiger partial charge in [-0.15, -0.1) is 0 Å². The summed E-state index contributed by atoms with van der Waals surface area (Å²) in [7, 11) is 1.69. The van der Waals surface area contributed by atoms with E-state index in [0.29, 0.717) is 0 Å². The molecule has 2 heterocycles. The van der Waals surface area contributed by atoms with Crippen molar-refractivity contribution in [3.63, 3.8) is 0 Å². The Balaban J connectivity index is 1.69. The molecule has 1 aliphatic heterocycles. The molecule has 146 valence electrons. The van der Waals surface area contributed by atoms with E-state index in [1.54, 1.807) is 7.11 Å². The van der Waals surface area contributed by atoms with Crippen molar-refractivity contribution >= 4 is 0 Å². The maximum atomic E-state index is 5.89. The van der Waals surface area contributed by atoms with Crippen LogP contribution in [0.4, 0.5) is 0 Å². The molecular formula is C23H27N3O2. The van der Waals surface area contributed by atoms with Crippen LogP contribution in [0.1, 0.15) is 19.4 Å². The highest BCUT2D eigenvalue weighted by molar-refractivity contribution is 5.64. The highest BCUT2D eigenvalue weighted by atomic mass is 16.5. The van der Waals surface area contributed by atoms with E-state index in [-0.39, 0.29) is 12.2 Å². The molecular weight excluding hydrogens is 350 g/mol. The third-order valence-electron chi connectivity index (χ3n) is 5.06. The largest absolute Gasteiger partial charge is 0.497 e. The van der Waals surface area contributed by atoms with Crippen molar-refractivity contribution in [2.24, 2.45) is 0 Å². The van der Waals surface area contributed by atoms with Crippen LogP contribution in [0.5, 0.6) is 5.75 Å². The van der Waals surface area contributed by atoms with Crippen molar-refractivity contribution in [1.29, 1.82) is 0 Å². The average molecular weight is 377 g/mol. The van der Waals surface area contributed by atoms with Crippen molar-refractivity contribution in [3.05, 3.63) is 66.4 Å². The number of rotatable bonds is 5. The lowest BCUT2D eigenvalue weighted by Crippen LogP contribution is -2.44. The van der Waals surface area contributed by atoms with Crippen LogP contribution >= 0.6 is 0 Å². The third-order valence-corrected chi connectivity index (χ3v) is 5.06. The van der Waals surface area contributed by atoms with E-state index in [0.717, 1.165) is 42.3 Å². The van der Waals surface area contributed by atoms with Gasteiger partial charge in [-0.3, -0.25) is 4.90 Å². The molecule has 3 aromatic rings. The first-order valence-corrected chi connectivity index (χ1v) is 9.78. The van der Waals surface area contributed by atoms with Gasteiger partial charge >= 0.3 is 0 Å². The summed E-state index contributed by atoms with van der Waals surface area (Å²) < 4.78 is 13.2. The van der Waals surface area contributed by atoms with Gasteiger partial charge in [0.25, 0.3) is 0 Å². The molecule has 0 bridgehead atoms. The van der Waals surface area contributed by atoms with E-state index in [1.807, 2.05) is 35.0 Å². The molecule has 0 aliphatic carbocycles. The standard InChI is InChI=1S/C23H27N3O2/c1-17-13-25(14-18(2)28-17)15-20-16-26(21-7-5-4-6-8-21)24-23(20)19-9-11-22(27-3)12-10-19/h4-12,16-18H,13-15H2,1-3H3/t17-,18-/m1/s1. The molecule has 1 fully saturated rings. The Bertz CT molecular complexity index is 895. The van der Waals surface area contributed by atoms with Crippen molar-refractivity contribution in [2.75, 3.05) is 20.2 Å². The summed E-state index contributed by atoms with van der Waals surface area (Å²) in [5.41, 5.74) is 4.39. The zero-order valence-corrected chi connectivity index (χ0v) is 16.7. The van der Waals surface area contributed by atoms with E-state index in [9.17, 15) is 0 Å². The highest BCUT2D eigenvalue weighted by Gasteiger charge is 2.24. The zero-order chi connectivity index (χ0) is 19.5. The first-order chi connectivity index (χ1) is 13.6. The Labute approximate surface area is 166 Å². The van der Waals surface area contributed by atoms with Crippen LogP contribution in [0.2, 0.25) is 0 Å². The van der Waals surface area contributed by atoms with Gasteiger partial charge in [0.15, 0.2) is 0 Å². The number of para-hydroxylation sites is 1. The Morgan fingerprint density at radius 2 is 1.68 bits per heavy atom. The van der Waals surface area contributed by atoms with Crippen molar-refractivity contribution in [1.82, 2.24) is 14.7 Å². The molecule has 28 heavy (non-hydrogen) atoms. The fourth-order valence-electron chi connectivity index (χ4n) is 3.88. The summed E-state index contributed by atoms with van der Waals surface area (Å²) in [6, 6.07) is 18.4. The Morgan fingerprint density at radius 3 is 2.32 bits per heavy atom. The number of methoxy groups -OCH3 is 1. The minimum absolute atomic E-state index is 0.248.